The average molecular weight is 560 g/mol. The third kappa shape index (κ3) is 4.54. The SMILES string of the molecule is C=CC(=O)N1CCC[C@@H](N2NC(c3cccc(CNC(=O)c4c(F)cccc4F)c3)=C3C(=N)N=C[C@@H]4NC42C3C)C1. The second kappa shape index (κ2) is 10.3. The molecule has 212 valence electrons. The Bertz CT molecular complexity index is 1500. The summed E-state index contributed by atoms with van der Waals surface area (Å²) in [6.45, 7) is 7.00. The van der Waals surface area contributed by atoms with Gasteiger partial charge in [0.15, 0.2) is 0 Å². The lowest BCUT2D eigenvalue weighted by atomic mass is 9.84. The molecule has 2 amide bonds. The van der Waals surface area contributed by atoms with E-state index in [1.165, 1.54) is 12.1 Å². The molecule has 2 saturated heterocycles. The Morgan fingerprint density at radius 1 is 1.24 bits per heavy atom. The van der Waals surface area contributed by atoms with Gasteiger partial charge >= 0.3 is 0 Å². The van der Waals surface area contributed by atoms with Crippen LogP contribution in [0.2, 0.25) is 0 Å². The molecule has 41 heavy (non-hydrogen) atoms. The fourth-order valence-electron chi connectivity index (χ4n) is 6.36. The van der Waals surface area contributed by atoms with Gasteiger partial charge in [-0.15, -0.1) is 0 Å². The maximum atomic E-state index is 14.1. The first-order chi connectivity index (χ1) is 19.7. The van der Waals surface area contributed by atoms with Gasteiger partial charge in [-0.3, -0.25) is 20.3 Å². The van der Waals surface area contributed by atoms with Crippen LogP contribution in [0.4, 0.5) is 8.78 Å². The zero-order valence-corrected chi connectivity index (χ0v) is 22.6. The molecule has 4 aliphatic heterocycles. The zero-order chi connectivity index (χ0) is 28.9. The summed E-state index contributed by atoms with van der Waals surface area (Å²) in [7, 11) is 0. The van der Waals surface area contributed by atoms with Gasteiger partial charge in [-0.1, -0.05) is 37.8 Å². The van der Waals surface area contributed by atoms with E-state index in [-0.39, 0.29) is 36.3 Å². The van der Waals surface area contributed by atoms with Crippen LogP contribution >= 0.6 is 0 Å². The van der Waals surface area contributed by atoms with Gasteiger partial charge in [0.05, 0.1) is 11.7 Å². The lowest BCUT2D eigenvalue weighted by molar-refractivity contribution is -0.129. The predicted octanol–water partition coefficient (Wildman–Crippen LogP) is 2.97. The molecule has 6 rings (SSSR count). The minimum Gasteiger partial charge on any atom is -0.348 e. The van der Waals surface area contributed by atoms with E-state index in [0.717, 1.165) is 41.8 Å². The highest BCUT2D eigenvalue weighted by Crippen LogP contribution is 2.48. The number of amides is 2. The Labute approximate surface area is 236 Å². The Balaban J connectivity index is 1.31. The van der Waals surface area contributed by atoms with E-state index in [9.17, 15) is 18.4 Å². The van der Waals surface area contributed by atoms with Crippen LogP contribution in [-0.4, -0.2) is 64.6 Å². The molecule has 0 saturated carbocycles. The second-order valence-corrected chi connectivity index (χ2v) is 10.8. The van der Waals surface area contributed by atoms with Crippen molar-refractivity contribution < 1.29 is 18.4 Å². The highest BCUT2D eigenvalue weighted by Gasteiger charge is 2.66. The number of piperidine rings is 1. The Morgan fingerprint density at radius 2 is 2.00 bits per heavy atom. The number of carbonyl (C=O) groups is 2. The van der Waals surface area contributed by atoms with Gasteiger partial charge in [-0.05, 0) is 48.2 Å². The van der Waals surface area contributed by atoms with Crippen molar-refractivity contribution >= 4 is 29.6 Å². The number of nitrogens with one attached hydrogen (secondary N) is 4. The standard InChI is InChI=1S/C30H31F2N7O2/c1-3-24(40)38-12-6-9-20(16-38)39-30-17(2)25(28(33)34-15-23(30)36-30)27(37-39)19-8-4-7-18(13-19)14-35-29(41)26-21(31)10-5-11-22(26)32/h3-5,7-8,10-11,13,15,17,20,23,33,36-37H,1,6,9,12,14,16H2,2H3,(H,35,41)/t17?,20-,23+,30?/m1/s1. The summed E-state index contributed by atoms with van der Waals surface area (Å²) < 4.78 is 28.2. The van der Waals surface area contributed by atoms with Gasteiger partial charge in [0.2, 0.25) is 5.91 Å². The number of hydrogen-bond donors (Lipinski definition) is 4. The molecule has 2 fully saturated rings. The smallest absolute Gasteiger partial charge is 0.257 e. The average Bonchev–Trinajstić information content (AvgIpc) is 3.70. The molecule has 2 aromatic rings. The van der Waals surface area contributed by atoms with E-state index >= 15 is 0 Å². The summed E-state index contributed by atoms with van der Waals surface area (Å²) in [5.74, 6) is -2.71. The first-order valence-electron chi connectivity index (χ1n) is 13.7. The number of halogens is 2. The van der Waals surface area contributed by atoms with Crippen molar-refractivity contribution in [3.63, 3.8) is 0 Å². The summed E-state index contributed by atoms with van der Waals surface area (Å²) in [5, 5.41) is 17.1. The Hall–Kier alpha value is -4.22. The number of hydrazine groups is 1. The van der Waals surface area contributed by atoms with E-state index in [1.54, 1.807) is 6.21 Å². The maximum absolute atomic E-state index is 14.1. The summed E-state index contributed by atoms with van der Waals surface area (Å²) in [6, 6.07) is 10.7. The van der Waals surface area contributed by atoms with Gasteiger partial charge in [0.25, 0.3) is 5.91 Å². The highest BCUT2D eigenvalue weighted by molar-refractivity contribution is 6.09. The lowest BCUT2D eigenvalue weighted by Gasteiger charge is -2.48. The molecular weight excluding hydrogens is 528 g/mol. The van der Waals surface area contributed by atoms with Crippen LogP contribution in [0.15, 0.2) is 65.7 Å². The molecule has 9 nitrogen and oxygen atoms in total. The third-order valence-corrected chi connectivity index (χ3v) is 8.49. The van der Waals surface area contributed by atoms with Crippen LogP contribution < -0.4 is 16.1 Å². The van der Waals surface area contributed by atoms with Crippen LogP contribution in [-0.2, 0) is 11.3 Å². The number of aliphatic imine (C=N–C) groups is 1. The number of hydrogen-bond acceptors (Lipinski definition) is 6. The van der Waals surface area contributed by atoms with Gasteiger partial charge in [-0.25, -0.2) is 13.8 Å². The largest absolute Gasteiger partial charge is 0.348 e. The van der Waals surface area contributed by atoms with E-state index in [4.69, 9.17) is 5.41 Å². The van der Waals surface area contributed by atoms with Crippen molar-refractivity contribution in [2.45, 2.75) is 44.1 Å². The summed E-state index contributed by atoms with van der Waals surface area (Å²) in [5.41, 5.74) is 5.49. The van der Waals surface area contributed by atoms with E-state index < -0.39 is 28.8 Å². The van der Waals surface area contributed by atoms with Crippen LogP contribution in [0, 0.1) is 23.0 Å². The lowest BCUT2D eigenvalue weighted by Crippen LogP contribution is -2.65. The molecule has 2 aromatic carbocycles. The molecule has 0 aromatic heterocycles. The van der Waals surface area contributed by atoms with Crippen LogP contribution in [0.1, 0.15) is 41.3 Å². The number of carbonyl (C=O) groups excluding carboxylic acids is 2. The van der Waals surface area contributed by atoms with E-state index in [0.29, 0.717) is 18.7 Å². The number of fused-ring (bicyclic) bond motifs is 1. The fourth-order valence-corrected chi connectivity index (χ4v) is 6.36. The molecule has 4 atom stereocenters. The quantitative estimate of drug-likeness (QED) is 0.320. The topological polar surface area (TPSA) is 123 Å². The van der Waals surface area contributed by atoms with E-state index in [1.807, 2.05) is 29.2 Å². The number of likely N-dealkylation sites (tertiary alicyclic amines) is 1. The van der Waals surface area contributed by atoms with Crippen LogP contribution in [0.3, 0.4) is 0 Å². The fraction of sp³-hybridized carbons (Fsp3) is 0.333. The molecule has 4 N–H and O–H groups in total. The van der Waals surface area contributed by atoms with E-state index in [2.05, 4.69) is 39.6 Å². The van der Waals surface area contributed by atoms with Gasteiger partial charge < -0.3 is 15.6 Å². The first-order valence-corrected chi connectivity index (χ1v) is 13.7. The van der Waals surface area contributed by atoms with Gasteiger partial charge in [0, 0.05) is 43.4 Å². The number of nitrogens with zero attached hydrogens (tertiary/aromatic N) is 3. The maximum Gasteiger partial charge on any atom is 0.257 e. The molecule has 1 spiro atoms. The van der Waals surface area contributed by atoms with Crippen molar-refractivity contribution in [1.82, 2.24) is 26.0 Å². The monoisotopic (exact) mass is 559 g/mol. The summed E-state index contributed by atoms with van der Waals surface area (Å²) in [6.07, 6.45) is 4.86. The molecule has 4 heterocycles. The second-order valence-electron chi connectivity index (χ2n) is 10.8. The Kier molecular flexibility index (Phi) is 6.79. The first kappa shape index (κ1) is 27.0. The van der Waals surface area contributed by atoms with Crippen molar-refractivity contribution in [3.8, 4) is 0 Å². The van der Waals surface area contributed by atoms with Crippen LogP contribution in [0.5, 0.6) is 0 Å². The minimum absolute atomic E-state index is 0.00275. The molecule has 11 heteroatoms. The van der Waals surface area contributed by atoms with Gasteiger partial charge in [-0.2, -0.15) is 5.01 Å². The van der Waals surface area contributed by atoms with Crippen molar-refractivity contribution in [2.24, 2.45) is 10.9 Å². The highest BCUT2D eigenvalue weighted by atomic mass is 19.1. The Morgan fingerprint density at radius 3 is 2.76 bits per heavy atom. The number of benzene rings is 2. The molecule has 0 aliphatic carbocycles. The summed E-state index contributed by atoms with van der Waals surface area (Å²) >= 11 is 0. The predicted molar refractivity (Wildman–Crippen MR) is 151 cm³/mol. The van der Waals surface area contributed by atoms with Crippen LogP contribution in [0.25, 0.3) is 5.70 Å². The molecule has 2 bridgehead atoms. The molecule has 4 aliphatic rings. The normalized spacial score (nSPS) is 27.0. The minimum atomic E-state index is -0.923. The number of rotatable bonds is 6. The van der Waals surface area contributed by atoms with Crippen molar-refractivity contribution in [1.29, 1.82) is 5.41 Å². The molecule has 0 radical (unpaired) electrons. The van der Waals surface area contributed by atoms with Crippen molar-refractivity contribution in [3.05, 3.63) is 89.0 Å². The number of amidine groups is 1. The zero-order valence-electron chi connectivity index (χ0n) is 22.6. The molecular formula is C30H31F2N7O2. The van der Waals surface area contributed by atoms with Gasteiger partial charge in [0.1, 0.15) is 28.7 Å². The third-order valence-electron chi connectivity index (χ3n) is 8.49. The van der Waals surface area contributed by atoms with Crippen molar-refractivity contribution in [2.75, 3.05) is 13.1 Å². The summed E-state index contributed by atoms with van der Waals surface area (Å²) in [4.78, 5) is 31.3. The molecule has 2 unspecified atom stereocenters.